The van der Waals surface area contributed by atoms with Gasteiger partial charge in [-0.25, -0.2) is 9.59 Å². The van der Waals surface area contributed by atoms with E-state index in [9.17, 15) is 9.59 Å². The van der Waals surface area contributed by atoms with Crippen LogP contribution >= 0.6 is 0 Å². The van der Waals surface area contributed by atoms with Crippen LogP contribution in [0.2, 0.25) is 0 Å². The van der Waals surface area contributed by atoms with Crippen LogP contribution in [-0.2, 0) is 28.5 Å². The summed E-state index contributed by atoms with van der Waals surface area (Å²) in [6.45, 7) is 16.8. The van der Waals surface area contributed by atoms with Gasteiger partial charge in [0.15, 0.2) is 5.79 Å². The van der Waals surface area contributed by atoms with E-state index in [-0.39, 0.29) is 17.7 Å². The lowest BCUT2D eigenvalue weighted by atomic mass is 9.76. The molecule has 152 valence electrons. The van der Waals surface area contributed by atoms with E-state index in [2.05, 4.69) is 45.8 Å². The van der Waals surface area contributed by atoms with Crippen molar-refractivity contribution < 1.29 is 28.5 Å². The van der Waals surface area contributed by atoms with Crippen molar-refractivity contribution in [2.75, 3.05) is 26.4 Å². The maximum absolute atomic E-state index is 11.7. The second-order valence-corrected chi connectivity index (χ2v) is 8.29. The van der Waals surface area contributed by atoms with Gasteiger partial charge in [0.1, 0.15) is 12.7 Å². The number of hydrogen-bond acceptors (Lipinski definition) is 7. The number of carbonyl (C=O) groups excluding carboxylic acids is 2. The largest absolute Gasteiger partial charge is 0.459 e. The SMILES string of the molecule is C=CC(=O)OCC(CN1C(C)(C)CC2(CC1(C)C)OCCO2)OC(=O)C=C. The Morgan fingerprint density at radius 2 is 1.56 bits per heavy atom. The highest BCUT2D eigenvalue weighted by Gasteiger charge is 2.55. The number of piperidine rings is 1. The van der Waals surface area contributed by atoms with E-state index in [1.165, 1.54) is 0 Å². The Hall–Kier alpha value is -1.70. The fraction of sp³-hybridized carbons (Fsp3) is 0.700. The highest BCUT2D eigenvalue weighted by molar-refractivity contribution is 5.82. The molecule has 27 heavy (non-hydrogen) atoms. The van der Waals surface area contributed by atoms with Gasteiger partial charge < -0.3 is 18.9 Å². The summed E-state index contributed by atoms with van der Waals surface area (Å²) in [4.78, 5) is 25.4. The lowest BCUT2D eigenvalue weighted by Crippen LogP contribution is -2.67. The normalized spacial score (nSPS) is 24.1. The molecule has 0 aromatic rings. The van der Waals surface area contributed by atoms with Gasteiger partial charge in [0.25, 0.3) is 0 Å². The molecule has 2 heterocycles. The molecule has 2 aliphatic heterocycles. The van der Waals surface area contributed by atoms with E-state index >= 15 is 0 Å². The van der Waals surface area contributed by atoms with Crippen LogP contribution in [0.25, 0.3) is 0 Å². The standard InChI is InChI=1S/C20H31NO6/c1-7-16(22)24-12-15(27-17(23)8-2)11-21-18(3,4)13-20(14-19(21,5)6)25-9-10-26-20/h7-8,15H,1-2,9-14H2,3-6H3. The lowest BCUT2D eigenvalue weighted by Gasteiger charge is -2.58. The van der Waals surface area contributed by atoms with Gasteiger partial charge in [-0.15, -0.1) is 0 Å². The molecule has 0 N–H and O–H groups in total. The van der Waals surface area contributed by atoms with Gasteiger partial charge in [-0.05, 0) is 27.7 Å². The second kappa shape index (κ2) is 8.12. The Kier molecular flexibility index (Phi) is 6.50. The molecule has 0 aromatic heterocycles. The van der Waals surface area contributed by atoms with E-state index in [0.717, 1.165) is 12.2 Å². The Morgan fingerprint density at radius 3 is 2.04 bits per heavy atom. The van der Waals surface area contributed by atoms with Crippen molar-refractivity contribution in [3.05, 3.63) is 25.3 Å². The minimum Gasteiger partial charge on any atom is -0.459 e. The summed E-state index contributed by atoms with van der Waals surface area (Å²) < 4.78 is 22.5. The Labute approximate surface area is 161 Å². The van der Waals surface area contributed by atoms with Crippen LogP contribution in [0.1, 0.15) is 40.5 Å². The van der Waals surface area contributed by atoms with Gasteiger partial charge in [0, 0.05) is 42.6 Å². The molecule has 0 aliphatic carbocycles. The summed E-state index contributed by atoms with van der Waals surface area (Å²) in [6, 6.07) is 0. The molecule has 2 fully saturated rings. The lowest BCUT2D eigenvalue weighted by molar-refractivity contribution is -0.243. The third-order valence-electron chi connectivity index (χ3n) is 5.09. The molecule has 1 spiro atoms. The van der Waals surface area contributed by atoms with Crippen LogP contribution < -0.4 is 0 Å². The van der Waals surface area contributed by atoms with Gasteiger partial charge >= 0.3 is 11.9 Å². The number of likely N-dealkylation sites (tertiary alicyclic amines) is 1. The Bertz CT molecular complexity index is 571. The van der Waals surface area contributed by atoms with E-state index in [1.54, 1.807) is 0 Å². The summed E-state index contributed by atoms with van der Waals surface area (Å²) in [5, 5.41) is 0. The minimum atomic E-state index is -0.627. The first-order chi connectivity index (χ1) is 12.5. The van der Waals surface area contributed by atoms with Gasteiger partial charge in [0.05, 0.1) is 13.2 Å². The number of ether oxygens (including phenoxy) is 4. The summed E-state index contributed by atoms with van der Waals surface area (Å²) in [7, 11) is 0. The molecule has 7 nitrogen and oxygen atoms in total. The first-order valence-electron chi connectivity index (χ1n) is 9.21. The molecule has 0 bridgehead atoms. The fourth-order valence-corrected chi connectivity index (χ4v) is 4.36. The monoisotopic (exact) mass is 381 g/mol. The highest BCUT2D eigenvalue weighted by atomic mass is 16.7. The number of hydrogen-bond donors (Lipinski definition) is 0. The predicted octanol–water partition coefficient (Wildman–Crippen LogP) is 2.21. The van der Waals surface area contributed by atoms with Crippen LogP contribution in [0.15, 0.2) is 25.3 Å². The van der Waals surface area contributed by atoms with Crippen molar-refractivity contribution >= 4 is 11.9 Å². The van der Waals surface area contributed by atoms with Crippen LogP contribution in [0, 0.1) is 0 Å². The third kappa shape index (κ3) is 5.18. The van der Waals surface area contributed by atoms with Crippen LogP contribution in [0.4, 0.5) is 0 Å². The summed E-state index contributed by atoms with van der Waals surface area (Å²) in [6.07, 6.45) is 2.94. The van der Waals surface area contributed by atoms with Crippen LogP contribution in [0.5, 0.6) is 0 Å². The number of nitrogens with zero attached hydrogens (tertiary/aromatic N) is 1. The zero-order valence-corrected chi connectivity index (χ0v) is 16.8. The smallest absolute Gasteiger partial charge is 0.330 e. The number of esters is 2. The van der Waals surface area contributed by atoms with Gasteiger partial charge in [-0.2, -0.15) is 0 Å². The second-order valence-electron chi connectivity index (χ2n) is 8.29. The van der Waals surface area contributed by atoms with Gasteiger partial charge in [-0.3, -0.25) is 4.90 Å². The molecule has 1 unspecified atom stereocenters. The highest BCUT2D eigenvalue weighted by Crippen LogP contribution is 2.47. The third-order valence-corrected chi connectivity index (χ3v) is 5.09. The van der Waals surface area contributed by atoms with Crippen LogP contribution in [-0.4, -0.2) is 66.2 Å². The van der Waals surface area contributed by atoms with E-state index < -0.39 is 23.8 Å². The molecule has 2 rings (SSSR count). The van der Waals surface area contributed by atoms with Crippen molar-refractivity contribution in [2.24, 2.45) is 0 Å². The first-order valence-corrected chi connectivity index (χ1v) is 9.21. The molecule has 2 saturated heterocycles. The quantitative estimate of drug-likeness (QED) is 0.494. The maximum atomic E-state index is 11.7. The molecule has 7 heteroatoms. The van der Waals surface area contributed by atoms with E-state index in [0.29, 0.717) is 32.6 Å². The summed E-state index contributed by atoms with van der Waals surface area (Å²) in [5.41, 5.74) is -0.569. The summed E-state index contributed by atoms with van der Waals surface area (Å²) >= 11 is 0. The number of rotatable bonds is 7. The van der Waals surface area contributed by atoms with Crippen LogP contribution in [0.3, 0.4) is 0 Å². The molecule has 0 amide bonds. The van der Waals surface area contributed by atoms with Gasteiger partial charge in [0.2, 0.25) is 0 Å². The van der Waals surface area contributed by atoms with Gasteiger partial charge in [-0.1, -0.05) is 13.2 Å². The minimum absolute atomic E-state index is 0.0504. The van der Waals surface area contributed by atoms with E-state index in [1.807, 2.05) is 0 Å². The van der Waals surface area contributed by atoms with Crippen molar-refractivity contribution in [1.82, 2.24) is 4.90 Å². The number of carbonyl (C=O) groups is 2. The van der Waals surface area contributed by atoms with Crippen molar-refractivity contribution in [3.63, 3.8) is 0 Å². The summed E-state index contributed by atoms with van der Waals surface area (Å²) in [5.74, 6) is -1.69. The molecule has 2 aliphatic rings. The topological polar surface area (TPSA) is 74.3 Å². The molecule has 0 radical (unpaired) electrons. The molecule has 0 aromatic carbocycles. The molecular formula is C20H31NO6. The molecule has 0 saturated carbocycles. The first kappa shape index (κ1) is 21.6. The maximum Gasteiger partial charge on any atom is 0.330 e. The average Bonchev–Trinajstić information content (AvgIpc) is 3.00. The fourth-order valence-electron chi connectivity index (χ4n) is 4.36. The Balaban J connectivity index is 2.17. The zero-order chi connectivity index (χ0) is 20.3. The molecular weight excluding hydrogens is 350 g/mol. The Morgan fingerprint density at radius 1 is 1.04 bits per heavy atom. The van der Waals surface area contributed by atoms with E-state index in [4.69, 9.17) is 18.9 Å². The van der Waals surface area contributed by atoms with Crippen molar-refractivity contribution in [2.45, 2.75) is 63.5 Å². The zero-order valence-electron chi connectivity index (χ0n) is 16.8. The van der Waals surface area contributed by atoms with Crippen molar-refractivity contribution in [3.8, 4) is 0 Å². The van der Waals surface area contributed by atoms with Crippen molar-refractivity contribution in [1.29, 1.82) is 0 Å². The predicted molar refractivity (Wildman–Crippen MR) is 100.0 cm³/mol. The average molecular weight is 381 g/mol. The molecule has 1 atom stereocenters.